The lowest BCUT2D eigenvalue weighted by atomic mass is 9.99. The van der Waals surface area contributed by atoms with Gasteiger partial charge in [-0.1, -0.05) is 77.9 Å². The van der Waals surface area contributed by atoms with Crippen LogP contribution in [0.4, 0.5) is 0 Å². The number of hydrogen-bond acceptors (Lipinski definition) is 14. The normalized spacial score (nSPS) is 22.4. The van der Waals surface area contributed by atoms with E-state index in [1.807, 2.05) is 0 Å². The molecule has 2 fully saturated rings. The molecule has 0 unspecified atom stereocenters. The predicted octanol–water partition coefficient (Wildman–Crippen LogP) is -1.87. The summed E-state index contributed by atoms with van der Waals surface area (Å²) in [5.74, 6) is -8.21. The minimum atomic E-state index is -1.67. The number of amides is 10. The van der Waals surface area contributed by atoms with Gasteiger partial charge in [0.15, 0.2) is 5.96 Å². The number of hydrogen-bond donors (Lipinski definition) is 11. The summed E-state index contributed by atoms with van der Waals surface area (Å²) in [5, 5.41) is 18.6. The zero-order valence-electron chi connectivity index (χ0n) is 42.8. The molecule has 26 heteroatoms. The fourth-order valence-electron chi connectivity index (χ4n) is 8.21. The maximum absolute atomic E-state index is 14.7. The lowest BCUT2D eigenvalue weighted by Crippen LogP contribution is -2.61. The number of ether oxygens (including phenoxy) is 1. The maximum atomic E-state index is 14.7. The smallest absolute Gasteiger partial charge is 0.246 e. The Morgan fingerprint density at radius 3 is 2.03 bits per heavy atom. The van der Waals surface area contributed by atoms with Crippen molar-refractivity contribution in [1.82, 2.24) is 42.1 Å². The molecule has 4 rings (SSSR count). The van der Waals surface area contributed by atoms with E-state index in [1.54, 1.807) is 82.3 Å². The highest BCUT2D eigenvalue weighted by Gasteiger charge is 2.41. The molecule has 0 aromatic heterocycles. The summed E-state index contributed by atoms with van der Waals surface area (Å²) in [5.41, 5.74) is 23.0. The Labute approximate surface area is 443 Å². The van der Waals surface area contributed by atoms with Crippen molar-refractivity contribution in [2.75, 3.05) is 32.5 Å². The van der Waals surface area contributed by atoms with Crippen LogP contribution in [0.2, 0.25) is 0 Å². The van der Waals surface area contributed by atoms with Gasteiger partial charge in [0.1, 0.15) is 48.0 Å². The molecule has 2 aliphatic heterocycles. The number of primary amides is 2. The van der Waals surface area contributed by atoms with Gasteiger partial charge in [0.05, 0.1) is 20.1 Å². The van der Waals surface area contributed by atoms with Gasteiger partial charge in [0.2, 0.25) is 59.1 Å². The number of likely N-dealkylation sites (tertiary alicyclic amines) is 1. The van der Waals surface area contributed by atoms with Crippen molar-refractivity contribution in [3.05, 3.63) is 65.7 Å². The molecule has 410 valence electrons. The Bertz CT molecular complexity index is 2390. The molecule has 15 N–H and O–H groups in total. The van der Waals surface area contributed by atoms with Crippen molar-refractivity contribution in [3.63, 3.8) is 0 Å². The number of benzene rings is 2. The van der Waals surface area contributed by atoms with Crippen molar-refractivity contribution in [2.24, 2.45) is 33.8 Å². The zero-order chi connectivity index (χ0) is 55.4. The van der Waals surface area contributed by atoms with Gasteiger partial charge in [0.25, 0.3) is 0 Å². The molecule has 24 nitrogen and oxygen atoms in total. The maximum Gasteiger partial charge on any atom is 0.246 e. The molecular formula is C49H71N13O11S2. The van der Waals surface area contributed by atoms with E-state index in [0.717, 1.165) is 10.8 Å². The van der Waals surface area contributed by atoms with Gasteiger partial charge in [-0.3, -0.25) is 52.9 Å². The van der Waals surface area contributed by atoms with Gasteiger partial charge in [-0.25, -0.2) is 0 Å². The number of nitrogens with two attached hydrogens (primary N) is 4. The van der Waals surface area contributed by atoms with Crippen LogP contribution in [0.5, 0.6) is 5.75 Å². The molecule has 7 atom stereocenters. The Balaban J connectivity index is 1.71. The van der Waals surface area contributed by atoms with Crippen LogP contribution >= 0.6 is 21.6 Å². The van der Waals surface area contributed by atoms with E-state index in [1.165, 1.54) is 22.8 Å². The van der Waals surface area contributed by atoms with Crippen LogP contribution in [0.15, 0.2) is 59.6 Å². The van der Waals surface area contributed by atoms with Crippen molar-refractivity contribution >= 4 is 86.6 Å². The Morgan fingerprint density at radius 2 is 1.41 bits per heavy atom. The summed E-state index contributed by atoms with van der Waals surface area (Å²) in [6.07, 6.45) is -0.0835. The zero-order valence-corrected chi connectivity index (χ0v) is 44.4. The number of carbonyl (C=O) groups excluding carboxylic acids is 10. The number of guanidine groups is 1. The van der Waals surface area contributed by atoms with Gasteiger partial charge < -0.3 is 69.8 Å². The third kappa shape index (κ3) is 19.9. The van der Waals surface area contributed by atoms with E-state index >= 15 is 0 Å². The molecular weight excluding hydrogens is 1010 g/mol. The number of methoxy groups -OCH3 is 1. The predicted molar refractivity (Wildman–Crippen MR) is 283 cm³/mol. The third-order valence-electron chi connectivity index (χ3n) is 12.0. The highest BCUT2D eigenvalue weighted by molar-refractivity contribution is 8.77. The third-order valence-corrected chi connectivity index (χ3v) is 15.3. The van der Waals surface area contributed by atoms with Crippen molar-refractivity contribution < 1.29 is 52.7 Å². The van der Waals surface area contributed by atoms with Crippen molar-refractivity contribution in [2.45, 2.75) is 126 Å². The molecule has 0 radical (unpaired) electrons. The van der Waals surface area contributed by atoms with Crippen LogP contribution in [0.25, 0.3) is 0 Å². The Morgan fingerprint density at radius 1 is 0.800 bits per heavy atom. The second kappa shape index (κ2) is 29.1. The Hall–Kier alpha value is -7.09. The highest BCUT2D eigenvalue weighted by atomic mass is 33.1. The molecule has 0 spiro atoms. The minimum Gasteiger partial charge on any atom is -0.497 e. The first kappa shape index (κ1) is 60.5. The minimum absolute atomic E-state index is 0.0173. The summed E-state index contributed by atoms with van der Waals surface area (Å²) in [6, 6.07) is 6.48. The fraction of sp³-hybridized carbons (Fsp3) is 0.531. The summed E-state index contributed by atoms with van der Waals surface area (Å²) < 4.78 is 4.41. The van der Waals surface area contributed by atoms with Crippen LogP contribution in [0.3, 0.4) is 0 Å². The number of aliphatic imine (C=N–C) groups is 1. The lowest BCUT2D eigenvalue weighted by molar-refractivity contribution is -0.142. The molecule has 0 aliphatic carbocycles. The summed E-state index contributed by atoms with van der Waals surface area (Å²) in [4.78, 5) is 142. The largest absolute Gasteiger partial charge is 0.497 e. The fourth-order valence-corrected chi connectivity index (χ4v) is 10.9. The SMILES string of the molecule is COc1ccc(C[C@@H]2NC(=O)CC(C)(C)SSC[C@@H](C(=O)N3CCC[C@H]3C(=O)N[C@@H](CCCN=C(N)N)C(=O)NCC(N)=O)NC(=O)[C@H](CC(N)=O)NC(=O)[C@H](C(C)C)NC(=O)[C@H](Cc3ccccc3)NC2=O)cc1. The number of carbonyl (C=O) groups is 10. The molecule has 0 saturated carbocycles. The first-order chi connectivity index (χ1) is 35.5. The number of nitrogens with one attached hydrogen (secondary N) is 7. The summed E-state index contributed by atoms with van der Waals surface area (Å²) in [6.45, 7) is 6.47. The van der Waals surface area contributed by atoms with Crippen molar-refractivity contribution in [1.29, 1.82) is 0 Å². The van der Waals surface area contributed by atoms with Gasteiger partial charge in [-0.2, -0.15) is 0 Å². The second-order valence-corrected chi connectivity index (χ2v) is 22.2. The molecule has 0 bridgehead atoms. The average Bonchev–Trinajstić information content (AvgIpc) is 3.84. The first-order valence-corrected chi connectivity index (χ1v) is 26.8. The van der Waals surface area contributed by atoms with E-state index in [9.17, 15) is 47.9 Å². The molecule has 2 aromatic carbocycles. The van der Waals surface area contributed by atoms with Gasteiger partial charge in [-0.05, 0) is 68.7 Å². The van der Waals surface area contributed by atoms with E-state index in [4.69, 9.17) is 27.7 Å². The molecule has 2 saturated heterocycles. The van der Waals surface area contributed by atoms with Crippen LogP contribution < -0.4 is 64.9 Å². The number of rotatable bonds is 18. The summed E-state index contributed by atoms with van der Waals surface area (Å²) >= 11 is 0. The monoisotopic (exact) mass is 1080 g/mol. The van der Waals surface area contributed by atoms with E-state index in [-0.39, 0.29) is 63.3 Å². The standard InChI is InChI=1S/C49H71N13O11S2/c1-27(2)40-46(71)59-34(23-37(50)63)43(68)60-35(47(72)62-20-10-14-36(62)45(70)57-31(13-9-19-54-48(52)53)41(66)55-25-38(51)64)26-74-75-49(3,4)24-39(65)56-32(22-29-15-17-30(73-5)18-16-29)42(67)58-33(44(69)61-40)21-28-11-7-6-8-12-28/h6-8,11-12,15-18,27,31-36,40H,9-10,13-14,19-26H2,1-5H3,(H2,50,63)(H2,51,64)(H,55,66)(H,56,65)(H,57,70)(H,58,67)(H,59,71)(H,60,68)(H,61,69)(H4,52,53,54)/t31-,32-,33-,34-,35-,36-,40-/m0/s1. The summed E-state index contributed by atoms with van der Waals surface area (Å²) in [7, 11) is 3.83. The van der Waals surface area contributed by atoms with E-state index < -0.39 is 125 Å². The van der Waals surface area contributed by atoms with Gasteiger partial charge in [-0.15, -0.1) is 0 Å². The van der Waals surface area contributed by atoms with E-state index in [0.29, 0.717) is 23.3 Å². The quantitative estimate of drug-likeness (QED) is 0.0337. The molecule has 2 aromatic rings. The number of nitrogens with zero attached hydrogens (tertiary/aromatic N) is 2. The van der Waals surface area contributed by atoms with Crippen LogP contribution in [-0.4, -0.2) is 149 Å². The Kier molecular flexibility index (Phi) is 23.5. The van der Waals surface area contributed by atoms with E-state index in [2.05, 4.69) is 42.2 Å². The second-order valence-electron chi connectivity index (χ2n) is 19.1. The van der Waals surface area contributed by atoms with Crippen LogP contribution in [0.1, 0.15) is 77.3 Å². The topological polar surface area (TPSA) is 384 Å². The van der Waals surface area contributed by atoms with Crippen molar-refractivity contribution in [3.8, 4) is 5.75 Å². The lowest BCUT2D eigenvalue weighted by Gasteiger charge is -2.32. The van der Waals surface area contributed by atoms with Crippen LogP contribution in [0, 0.1) is 5.92 Å². The first-order valence-electron chi connectivity index (χ1n) is 24.5. The molecule has 10 amide bonds. The molecule has 2 heterocycles. The average molecular weight is 1080 g/mol. The highest BCUT2D eigenvalue weighted by Crippen LogP contribution is 2.39. The van der Waals surface area contributed by atoms with Crippen LogP contribution in [-0.2, 0) is 60.8 Å². The molecule has 2 aliphatic rings. The van der Waals surface area contributed by atoms with Gasteiger partial charge in [0, 0.05) is 42.9 Å². The molecule has 75 heavy (non-hydrogen) atoms. The van der Waals surface area contributed by atoms with Gasteiger partial charge >= 0.3 is 0 Å².